The highest BCUT2D eigenvalue weighted by Crippen LogP contribution is 2.40. The smallest absolute Gasteiger partial charge is 0.339 e. The van der Waals surface area contributed by atoms with Crippen molar-refractivity contribution in [2.75, 3.05) is 14.2 Å². The van der Waals surface area contributed by atoms with E-state index >= 15 is 0 Å². The van der Waals surface area contributed by atoms with Crippen molar-refractivity contribution in [1.82, 2.24) is 10.3 Å². The Hall–Kier alpha value is -3.13. The molecule has 1 N–H and O–H groups in total. The van der Waals surface area contributed by atoms with Crippen LogP contribution in [0.3, 0.4) is 0 Å². The molecule has 2 heterocycles. The topological polar surface area (TPSA) is 81.4 Å². The standard InChI is InChI=1S/C23H14Cl3FN2O4/c1-28-21(30)17-14-9-13(11-7-15(23(31)32-2)18(25)16(24)8-11)20(26)29-22(14)33-19(17)10-3-5-12(27)6-4-10/h3-9H,1-2H3,(H,28,30). The number of fused-ring (bicyclic) bond motifs is 1. The highest BCUT2D eigenvalue weighted by atomic mass is 35.5. The molecule has 0 aliphatic rings. The molecule has 0 atom stereocenters. The number of aromatic nitrogens is 1. The van der Waals surface area contributed by atoms with Crippen LogP contribution in [0.1, 0.15) is 20.7 Å². The van der Waals surface area contributed by atoms with E-state index in [2.05, 4.69) is 10.3 Å². The van der Waals surface area contributed by atoms with Gasteiger partial charge in [-0.25, -0.2) is 14.2 Å². The van der Waals surface area contributed by atoms with Gasteiger partial charge in [0.2, 0.25) is 5.71 Å². The van der Waals surface area contributed by atoms with Gasteiger partial charge in [-0.15, -0.1) is 0 Å². The summed E-state index contributed by atoms with van der Waals surface area (Å²) in [6.07, 6.45) is 0. The number of nitrogens with one attached hydrogen (secondary N) is 1. The van der Waals surface area contributed by atoms with Gasteiger partial charge in [0.05, 0.1) is 33.7 Å². The van der Waals surface area contributed by atoms with E-state index in [-0.39, 0.29) is 37.8 Å². The number of rotatable bonds is 4. The number of benzene rings is 2. The zero-order valence-electron chi connectivity index (χ0n) is 17.1. The van der Waals surface area contributed by atoms with E-state index in [9.17, 15) is 14.0 Å². The van der Waals surface area contributed by atoms with Gasteiger partial charge < -0.3 is 14.5 Å². The van der Waals surface area contributed by atoms with Crippen molar-refractivity contribution < 1.29 is 23.1 Å². The maximum absolute atomic E-state index is 13.4. The lowest BCUT2D eigenvalue weighted by atomic mass is 10.0. The molecule has 0 spiro atoms. The van der Waals surface area contributed by atoms with Crippen molar-refractivity contribution in [2.24, 2.45) is 0 Å². The summed E-state index contributed by atoms with van der Waals surface area (Å²) >= 11 is 18.8. The van der Waals surface area contributed by atoms with Crippen molar-refractivity contribution in [3.8, 4) is 22.5 Å². The molecule has 0 fully saturated rings. The zero-order valence-corrected chi connectivity index (χ0v) is 19.4. The van der Waals surface area contributed by atoms with Crippen LogP contribution < -0.4 is 5.32 Å². The molecule has 4 aromatic rings. The summed E-state index contributed by atoms with van der Waals surface area (Å²) in [7, 11) is 2.69. The van der Waals surface area contributed by atoms with Crippen LogP contribution in [0.15, 0.2) is 46.9 Å². The number of amides is 1. The van der Waals surface area contributed by atoms with Crippen molar-refractivity contribution in [1.29, 1.82) is 0 Å². The van der Waals surface area contributed by atoms with E-state index in [1.54, 1.807) is 6.07 Å². The fraction of sp³-hybridized carbons (Fsp3) is 0.0870. The average molecular weight is 508 g/mol. The summed E-state index contributed by atoms with van der Waals surface area (Å²) in [4.78, 5) is 29.2. The van der Waals surface area contributed by atoms with Crippen molar-refractivity contribution in [3.05, 3.63) is 74.6 Å². The molecule has 0 aliphatic carbocycles. The number of methoxy groups -OCH3 is 1. The third-order valence-corrected chi connectivity index (χ3v) is 6.03. The number of hydrogen-bond donors (Lipinski definition) is 1. The Bertz CT molecular complexity index is 1420. The highest BCUT2D eigenvalue weighted by Gasteiger charge is 2.25. The molecule has 6 nitrogen and oxygen atoms in total. The van der Waals surface area contributed by atoms with Gasteiger partial charge in [0, 0.05) is 18.2 Å². The normalized spacial score (nSPS) is 11.0. The second kappa shape index (κ2) is 9.02. The highest BCUT2D eigenvalue weighted by molar-refractivity contribution is 6.44. The first-order valence-corrected chi connectivity index (χ1v) is 10.6. The molecule has 1 amide bonds. The van der Waals surface area contributed by atoms with Gasteiger partial charge in [0.1, 0.15) is 16.7 Å². The van der Waals surface area contributed by atoms with Gasteiger partial charge in [-0.1, -0.05) is 34.8 Å². The van der Waals surface area contributed by atoms with Crippen LogP contribution in [0, 0.1) is 5.82 Å². The molecule has 0 radical (unpaired) electrons. The number of ether oxygens (including phenoxy) is 1. The minimum absolute atomic E-state index is 0.0328. The number of carbonyl (C=O) groups is 2. The lowest BCUT2D eigenvalue weighted by molar-refractivity contribution is 0.0601. The van der Waals surface area contributed by atoms with Crippen LogP contribution in [0.4, 0.5) is 4.39 Å². The second-order valence-electron chi connectivity index (χ2n) is 6.88. The van der Waals surface area contributed by atoms with E-state index in [0.717, 1.165) is 0 Å². The predicted octanol–water partition coefficient (Wildman–Crippen LogP) is 6.41. The molecule has 0 saturated heterocycles. The molecule has 2 aromatic carbocycles. The number of halogens is 4. The number of carbonyl (C=O) groups excluding carboxylic acids is 2. The third kappa shape index (κ3) is 4.15. The van der Waals surface area contributed by atoms with Gasteiger partial charge in [0.25, 0.3) is 5.91 Å². The Balaban J connectivity index is 1.99. The molecule has 168 valence electrons. The van der Waals surface area contributed by atoms with Crippen molar-refractivity contribution in [3.63, 3.8) is 0 Å². The van der Waals surface area contributed by atoms with Crippen LogP contribution in [0.2, 0.25) is 15.2 Å². The maximum atomic E-state index is 13.4. The zero-order chi connectivity index (χ0) is 23.9. The summed E-state index contributed by atoms with van der Waals surface area (Å²) < 4.78 is 24.0. The summed E-state index contributed by atoms with van der Waals surface area (Å²) in [6, 6.07) is 10.1. The first-order valence-electron chi connectivity index (χ1n) is 9.44. The van der Waals surface area contributed by atoms with Gasteiger partial charge in [0.15, 0.2) is 0 Å². The van der Waals surface area contributed by atoms with Crippen LogP contribution in [0.25, 0.3) is 33.6 Å². The van der Waals surface area contributed by atoms with Crippen LogP contribution in [-0.4, -0.2) is 31.0 Å². The van der Waals surface area contributed by atoms with Crippen molar-refractivity contribution in [2.45, 2.75) is 0 Å². The summed E-state index contributed by atoms with van der Waals surface area (Å²) in [5.41, 5.74) is 1.63. The summed E-state index contributed by atoms with van der Waals surface area (Å²) in [6.45, 7) is 0. The van der Waals surface area contributed by atoms with Crippen LogP contribution >= 0.6 is 34.8 Å². The van der Waals surface area contributed by atoms with E-state index < -0.39 is 17.7 Å². The van der Waals surface area contributed by atoms with E-state index in [1.165, 1.54) is 50.6 Å². The monoisotopic (exact) mass is 506 g/mol. The summed E-state index contributed by atoms with van der Waals surface area (Å²) in [5, 5.41) is 3.11. The molecule has 10 heteroatoms. The summed E-state index contributed by atoms with van der Waals surface area (Å²) in [5.74, 6) is -1.34. The molecule has 4 rings (SSSR count). The lowest BCUT2D eigenvalue weighted by Gasteiger charge is -2.10. The second-order valence-corrected chi connectivity index (χ2v) is 8.03. The molecule has 2 aromatic heterocycles. The minimum atomic E-state index is -0.679. The molecule has 33 heavy (non-hydrogen) atoms. The maximum Gasteiger partial charge on any atom is 0.339 e. The number of hydrogen-bond acceptors (Lipinski definition) is 5. The number of furan rings is 1. The Morgan fingerprint density at radius 3 is 2.39 bits per heavy atom. The third-order valence-electron chi connectivity index (χ3n) is 4.94. The van der Waals surface area contributed by atoms with E-state index in [0.29, 0.717) is 22.1 Å². The molecule has 0 unspecified atom stereocenters. The quantitative estimate of drug-likeness (QED) is 0.255. The SMILES string of the molecule is CNC(=O)c1c(-c2ccc(F)cc2)oc2nc(Cl)c(-c3cc(Cl)c(Cl)c(C(=O)OC)c3)cc12. The van der Waals surface area contributed by atoms with Crippen LogP contribution in [-0.2, 0) is 4.74 Å². The Morgan fingerprint density at radius 2 is 1.76 bits per heavy atom. The molecule has 0 saturated carbocycles. The molecule has 0 aliphatic heterocycles. The largest absolute Gasteiger partial charge is 0.465 e. The lowest BCUT2D eigenvalue weighted by Crippen LogP contribution is -2.18. The average Bonchev–Trinajstić information content (AvgIpc) is 3.17. The first kappa shape index (κ1) is 23.0. The van der Waals surface area contributed by atoms with Gasteiger partial charge in [-0.3, -0.25) is 4.79 Å². The van der Waals surface area contributed by atoms with E-state index in [4.69, 9.17) is 44.0 Å². The van der Waals surface area contributed by atoms with Gasteiger partial charge in [-0.2, -0.15) is 0 Å². The number of esters is 1. The number of pyridine rings is 1. The fourth-order valence-electron chi connectivity index (χ4n) is 3.36. The Kier molecular flexibility index (Phi) is 6.30. The minimum Gasteiger partial charge on any atom is -0.465 e. The molecular formula is C23H14Cl3FN2O4. The van der Waals surface area contributed by atoms with Gasteiger partial charge >= 0.3 is 5.97 Å². The Labute approximate surface area is 202 Å². The van der Waals surface area contributed by atoms with Crippen LogP contribution in [0.5, 0.6) is 0 Å². The number of nitrogens with zero attached hydrogens (tertiary/aromatic N) is 1. The fourth-order valence-corrected chi connectivity index (χ4v) is 4.01. The molecule has 0 bridgehead atoms. The van der Waals surface area contributed by atoms with Gasteiger partial charge in [-0.05, 0) is 48.0 Å². The van der Waals surface area contributed by atoms with Crippen molar-refractivity contribution >= 4 is 57.8 Å². The predicted molar refractivity (Wildman–Crippen MR) is 125 cm³/mol. The van der Waals surface area contributed by atoms with E-state index in [1.807, 2.05) is 0 Å². The Morgan fingerprint density at radius 1 is 1.06 bits per heavy atom. The first-order chi connectivity index (χ1) is 15.7. The molecular weight excluding hydrogens is 494 g/mol.